The molecule has 5 aromatic rings. The first-order chi connectivity index (χ1) is 17.9. The van der Waals surface area contributed by atoms with Gasteiger partial charge in [-0.25, -0.2) is 4.98 Å². The molecule has 0 N–H and O–H groups in total. The third-order valence-corrected chi connectivity index (χ3v) is 5.60. The van der Waals surface area contributed by atoms with Gasteiger partial charge in [-0.2, -0.15) is 9.78 Å². The monoisotopic (exact) mass is 498 g/mol. The molecule has 2 aromatic heterocycles. The highest BCUT2D eigenvalue weighted by Crippen LogP contribution is 2.33. The quantitative estimate of drug-likeness (QED) is 0.167. The predicted octanol–water partition coefficient (Wildman–Crippen LogP) is 5.40. The summed E-state index contributed by atoms with van der Waals surface area (Å²) in [6.45, 7) is 3.53. The molecule has 10 heteroatoms. The number of ether oxygens (including phenoxy) is 2. The highest BCUT2D eigenvalue weighted by Gasteiger charge is 2.21. The summed E-state index contributed by atoms with van der Waals surface area (Å²) in [5.41, 5.74) is 0.728. The fourth-order valence-electron chi connectivity index (χ4n) is 3.98. The fourth-order valence-corrected chi connectivity index (χ4v) is 3.98. The second kappa shape index (κ2) is 9.57. The van der Waals surface area contributed by atoms with Gasteiger partial charge in [0, 0.05) is 11.6 Å². The SMILES string of the molecule is COc1cccc2oc(-c3nc4ccccc4c(=O)n3N=Cc3cccc([N+](=O)[O-])c3OC(C)C)cc12. The Bertz CT molecular complexity index is 1730. The molecule has 0 unspecified atom stereocenters. The molecule has 0 saturated heterocycles. The zero-order valence-corrected chi connectivity index (χ0v) is 20.2. The highest BCUT2D eigenvalue weighted by molar-refractivity contribution is 5.89. The van der Waals surface area contributed by atoms with Crippen molar-refractivity contribution in [1.29, 1.82) is 0 Å². The summed E-state index contributed by atoms with van der Waals surface area (Å²) in [7, 11) is 1.56. The highest BCUT2D eigenvalue weighted by atomic mass is 16.6. The van der Waals surface area contributed by atoms with Crippen LogP contribution in [0.2, 0.25) is 0 Å². The first kappa shape index (κ1) is 23.7. The molecule has 5 rings (SSSR count). The van der Waals surface area contributed by atoms with E-state index in [0.717, 1.165) is 4.68 Å². The van der Waals surface area contributed by atoms with Crippen LogP contribution in [0.4, 0.5) is 5.69 Å². The summed E-state index contributed by atoms with van der Waals surface area (Å²) in [5.74, 6) is 1.13. The topological polar surface area (TPSA) is 122 Å². The first-order valence-electron chi connectivity index (χ1n) is 11.4. The predicted molar refractivity (Wildman–Crippen MR) is 140 cm³/mol. The standard InChI is InChI=1S/C27H22N4O6/c1-16(2)36-25-17(8-6-11-21(25)31(33)34)15-28-30-26(29-20-10-5-4-9-18(20)27(30)32)24-14-19-22(35-3)12-7-13-23(19)37-24/h4-16H,1-3H3. The molecule has 0 atom stereocenters. The second-order valence-corrected chi connectivity index (χ2v) is 8.42. The largest absolute Gasteiger partial charge is 0.496 e. The maximum atomic E-state index is 13.5. The lowest BCUT2D eigenvalue weighted by molar-refractivity contribution is -0.386. The lowest BCUT2D eigenvalue weighted by Gasteiger charge is -2.12. The minimum atomic E-state index is -0.522. The Kier molecular flexibility index (Phi) is 6.14. The molecule has 2 heterocycles. The Balaban J connectivity index is 1.73. The molecule has 186 valence electrons. The van der Waals surface area contributed by atoms with E-state index in [1.807, 2.05) is 0 Å². The van der Waals surface area contributed by atoms with Gasteiger partial charge >= 0.3 is 5.69 Å². The van der Waals surface area contributed by atoms with E-state index < -0.39 is 10.5 Å². The molecule has 0 aliphatic rings. The molecule has 0 aliphatic carbocycles. The van der Waals surface area contributed by atoms with Gasteiger partial charge in [-0.15, -0.1) is 0 Å². The third-order valence-electron chi connectivity index (χ3n) is 5.60. The van der Waals surface area contributed by atoms with Gasteiger partial charge in [-0.3, -0.25) is 14.9 Å². The molecule has 0 bridgehead atoms. The van der Waals surface area contributed by atoms with Crippen molar-refractivity contribution in [2.45, 2.75) is 20.0 Å². The maximum absolute atomic E-state index is 13.5. The van der Waals surface area contributed by atoms with Crippen LogP contribution in [-0.4, -0.2) is 34.0 Å². The van der Waals surface area contributed by atoms with Crippen molar-refractivity contribution in [1.82, 2.24) is 9.66 Å². The third kappa shape index (κ3) is 4.40. The van der Waals surface area contributed by atoms with Crippen molar-refractivity contribution in [3.8, 4) is 23.1 Å². The van der Waals surface area contributed by atoms with Gasteiger partial charge in [0.1, 0.15) is 11.3 Å². The Morgan fingerprint density at radius 1 is 1.08 bits per heavy atom. The molecular formula is C27H22N4O6. The zero-order valence-electron chi connectivity index (χ0n) is 20.2. The average molecular weight is 498 g/mol. The van der Waals surface area contributed by atoms with Gasteiger partial charge in [0.05, 0.1) is 40.6 Å². The van der Waals surface area contributed by atoms with Crippen molar-refractivity contribution in [2.24, 2.45) is 5.10 Å². The summed E-state index contributed by atoms with van der Waals surface area (Å²) in [6.07, 6.45) is 1.02. The van der Waals surface area contributed by atoms with Crippen LogP contribution in [0.5, 0.6) is 11.5 Å². The number of fused-ring (bicyclic) bond motifs is 2. The Hall–Kier alpha value is -4.99. The number of para-hydroxylation sites is 2. The van der Waals surface area contributed by atoms with Gasteiger partial charge in [0.2, 0.25) is 11.6 Å². The van der Waals surface area contributed by atoms with Gasteiger partial charge in [0.15, 0.2) is 5.76 Å². The van der Waals surface area contributed by atoms with E-state index in [9.17, 15) is 14.9 Å². The molecule has 3 aromatic carbocycles. The van der Waals surface area contributed by atoms with Crippen LogP contribution >= 0.6 is 0 Å². The van der Waals surface area contributed by atoms with Gasteiger partial charge < -0.3 is 13.9 Å². The van der Waals surface area contributed by atoms with Crippen LogP contribution in [-0.2, 0) is 0 Å². The van der Waals surface area contributed by atoms with Crippen molar-refractivity contribution >= 4 is 33.8 Å². The summed E-state index contributed by atoms with van der Waals surface area (Å²) >= 11 is 0. The Morgan fingerprint density at radius 2 is 1.86 bits per heavy atom. The normalized spacial score (nSPS) is 11.6. The molecule has 0 aliphatic heterocycles. The van der Waals surface area contributed by atoms with E-state index >= 15 is 0 Å². The van der Waals surface area contributed by atoms with E-state index in [1.54, 1.807) is 75.6 Å². The molecule has 0 radical (unpaired) electrons. The first-order valence-corrected chi connectivity index (χ1v) is 11.4. The minimum Gasteiger partial charge on any atom is -0.496 e. The van der Waals surface area contributed by atoms with Crippen LogP contribution in [0.15, 0.2) is 81.0 Å². The number of hydrogen-bond acceptors (Lipinski definition) is 8. The Morgan fingerprint density at radius 3 is 2.62 bits per heavy atom. The maximum Gasteiger partial charge on any atom is 0.311 e. The van der Waals surface area contributed by atoms with E-state index in [0.29, 0.717) is 38.9 Å². The second-order valence-electron chi connectivity index (χ2n) is 8.42. The molecule has 10 nitrogen and oxygen atoms in total. The molecule has 0 spiro atoms. The zero-order chi connectivity index (χ0) is 26.1. The summed E-state index contributed by atoms with van der Waals surface area (Å²) in [6, 6.07) is 18.5. The van der Waals surface area contributed by atoms with Crippen molar-refractivity contribution in [3.63, 3.8) is 0 Å². The molecule has 0 saturated carbocycles. The average Bonchev–Trinajstić information content (AvgIpc) is 3.32. The molecular weight excluding hydrogens is 476 g/mol. The van der Waals surface area contributed by atoms with Crippen LogP contribution in [0, 0.1) is 10.1 Å². The van der Waals surface area contributed by atoms with Crippen LogP contribution in [0.3, 0.4) is 0 Å². The number of nitrogens with zero attached hydrogens (tertiary/aromatic N) is 4. The fraction of sp³-hybridized carbons (Fsp3) is 0.148. The van der Waals surface area contributed by atoms with Gasteiger partial charge in [-0.05, 0) is 50.2 Å². The number of methoxy groups -OCH3 is 1. The van der Waals surface area contributed by atoms with Crippen molar-refractivity contribution in [3.05, 3.63) is 92.8 Å². The number of benzene rings is 3. The van der Waals surface area contributed by atoms with Crippen molar-refractivity contribution < 1.29 is 18.8 Å². The van der Waals surface area contributed by atoms with Crippen molar-refractivity contribution in [2.75, 3.05) is 7.11 Å². The number of aromatic nitrogens is 2. The number of nitro benzene ring substituents is 1. The Labute approximate surface area is 210 Å². The summed E-state index contributed by atoms with van der Waals surface area (Å²) in [5, 5.41) is 17.1. The minimum absolute atomic E-state index is 0.0584. The number of hydrogen-bond donors (Lipinski definition) is 0. The molecule has 37 heavy (non-hydrogen) atoms. The van der Waals surface area contributed by atoms with E-state index in [2.05, 4.69) is 10.1 Å². The van der Waals surface area contributed by atoms with Crippen LogP contribution in [0.25, 0.3) is 33.5 Å². The number of nitro groups is 1. The molecule has 0 amide bonds. The summed E-state index contributed by atoms with van der Waals surface area (Å²) < 4.78 is 18.3. The van der Waals surface area contributed by atoms with Crippen LogP contribution in [0.1, 0.15) is 19.4 Å². The molecule has 0 fully saturated rings. The van der Waals surface area contributed by atoms with Crippen LogP contribution < -0.4 is 15.0 Å². The van der Waals surface area contributed by atoms with E-state index in [1.165, 1.54) is 18.3 Å². The van der Waals surface area contributed by atoms with E-state index in [-0.39, 0.29) is 23.4 Å². The number of furan rings is 1. The van der Waals surface area contributed by atoms with E-state index in [4.69, 9.17) is 13.9 Å². The van der Waals surface area contributed by atoms with Gasteiger partial charge in [0.25, 0.3) is 5.56 Å². The lowest BCUT2D eigenvalue weighted by atomic mass is 10.2. The number of rotatable bonds is 7. The van der Waals surface area contributed by atoms with Gasteiger partial charge in [-0.1, -0.05) is 24.3 Å². The summed E-state index contributed by atoms with van der Waals surface area (Å²) in [4.78, 5) is 29.3. The smallest absolute Gasteiger partial charge is 0.311 e. The lowest BCUT2D eigenvalue weighted by Crippen LogP contribution is -2.20.